The van der Waals surface area contributed by atoms with Crippen LogP contribution in [0.3, 0.4) is 0 Å². The molecule has 2 amide bonds. The van der Waals surface area contributed by atoms with Crippen LogP contribution >= 0.6 is 0 Å². The van der Waals surface area contributed by atoms with Gasteiger partial charge in [-0.25, -0.2) is 4.90 Å². The molecule has 2 N–H and O–H groups in total. The van der Waals surface area contributed by atoms with Gasteiger partial charge in [0, 0.05) is 16.9 Å². The molecule has 2 saturated heterocycles. The van der Waals surface area contributed by atoms with Gasteiger partial charge in [-0.2, -0.15) is 0 Å². The highest BCUT2D eigenvalue weighted by molar-refractivity contribution is 6.57. The van der Waals surface area contributed by atoms with Crippen LogP contribution in [0.25, 0.3) is 5.76 Å². The van der Waals surface area contributed by atoms with Crippen molar-refractivity contribution in [1.82, 2.24) is 0 Å². The maximum absolute atomic E-state index is 15.0. The summed E-state index contributed by atoms with van der Waals surface area (Å²) in [7, 11) is 0. The highest BCUT2D eigenvalue weighted by atomic mass is 16.3. The van der Waals surface area contributed by atoms with Gasteiger partial charge in [0.1, 0.15) is 11.3 Å². The number of nitrogens with zero attached hydrogens (tertiary/aromatic N) is 3. The predicted octanol–water partition coefficient (Wildman–Crippen LogP) is 5.68. The average molecular weight is 557 g/mol. The monoisotopic (exact) mass is 556 g/mol. The average Bonchev–Trinajstić information content (AvgIpc) is 3.35. The Morgan fingerprint density at radius 3 is 1.83 bits per heavy atom. The minimum absolute atomic E-state index is 0.275. The normalized spacial score (nSPS) is 19.8. The van der Waals surface area contributed by atoms with E-state index < -0.39 is 34.6 Å². The van der Waals surface area contributed by atoms with Gasteiger partial charge in [0.05, 0.1) is 5.69 Å². The Bertz CT molecular complexity index is 1800. The van der Waals surface area contributed by atoms with Crippen LogP contribution in [0.1, 0.15) is 22.3 Å². The van der Waals surface area contributed by atoms with Crippen molar-refractivity contribution in [3.8, 4) is 0 Å². The molecule has 1 atom stereocenters. The number of aryl methyl sites for hydroxylation is 3. The number of amides is 2. The Hall–Kier alpha value is -5.50. The van der Waals surface area contributed by atoms with Crippen LogP contribution in [0.2, 0.25) is 0 Å². The number of carbonyl (C=O) groups excluding carboxylic acids is 3. The number of aliphatic hydroxyl groups is 1. The summed E-state index contributed by atoms with van der Waals surface area (Å²) in [5.41, 5.74) is 1.24. The van der Waals surface area contributed by atoms with Gasteiger partial charge < -0.3 is 5.11 Å². The number of Topliss-reactive ketones (excluding diaryl/α,β-unsaturated/α-hetero) is 1. The molecule has 1 spiro atoms. The molecular weight excluding hydrogens is 528 g/mol. The third-order valence-corrected chi connectivity index (χ3v) is 7.74. The number of rotatable bonds is 4. The molecule has 1 unspecified atom stereocenters. The number of aliphatic hydroxyl groups excluding tert-OH is 1. The van der Waals surface area contributed by atoms with Gasteiger partial charge in [-0.05, 0) is 62.7 Å². The van der Waals surface area contributed by atoms with Gasteiger partial charge in [0.25, 0.3) is 11.7 Å². The van der Waals surface area contributed by atoms with Crippen LogP contribution in [-0.2, 0) is 14.4 Å². The highest BCUT2D eigenvalue weighted by Gasteiger charge is 2.71. The largest absolute Gasteiger partial charge is 0.507 e. The minimum Gasteiger partial charge on any atom is -0.507 e. The topological polar surface area (TPSA) is 105 Å². The molecule has 208 valence electrons. The summed E-state index contributed by atoms with van der Waals surface area (Å²) >= 11 is 0. The summed E-state index contributed by atoms with van der Waals surface area (Å²) in [6.45, 7) is 5.58. The van der Waals surface area contributed by atoms with E-state index >= 15 is 4.79 Å². The van der Waals surface area contributed by atoms with E-state index in [9.17, 15) is 20.1 Å². The molecule has 6 rings (SSSR count). The van der Waals surface area contributed by atoms with Crippen molar-refractivity contribution < 1.29 is 19.5 Å². The van der Waals surface area contributed by atoms with Crippen LogP contribution in [0.4, 0.5) is 17.1 Å². The first-order valence-corrected chi connectivity index (χ1v) is 13.5. The SMILES string of the molecule is Cc1ccc(N2C(=O)C(=O)/C(=C(/O)c3ccc(C)cc3C)C23C(=O)N(c2ccccc2)C(=N)N3c2ccccc2)cc1. The van der Waals surface area contributed by atoms with Gasteiger partial charge in [-0.1, -0.05) is 77.9 Å². The Morgan fingerprint density at radius 2 is 1.24 bits per heavy atom. The molecular formula is C34H28N4O4. The number of anilines is 3. The van der Waals surface area contributed by atoms with Crippen molar-refractivity contribution in [1.29, 1.82) is 5.41 Å². The van der Waals surface area contributed by atoms with E-state index in [4.69, 9.17) is 0 Å². The second kappa shape index (κ2) is 9.85. The van der Waals surface area contributed by atoms with Crippen LogP contribution < -0.4 is 14.7 Å². The fraction of sp³-hybridized carbons (Fsp3) is 0.118. The van der Waals surface area contributed by atoms with E-state index in [0.717, 1.165) is 16.0 Å². The number of carbonyl (C=O) groups is 3. The lowest BCUT2D eigenvalue weighted by Gasteiger charge is -2.39. The number of ketones is 1. The fourth-order valence-electron chi connectivity index (χ4n) is 5.83. The van der Waals surface area contributed by atoms with Crippen molar-refractivity contribution in [2.45, 2.75) is 26.4 Å². The molecule has 2 aliphatic rings. The molecule has 0 aliphatic carbocycles. The molecule has 2 aliphatic heterocycles. The lowest BCUT2D eigenvalue weighted by atomic mass is 9.91. The maximum Gasteiger partial charge on any atom is 0.301 e. The molecule has 4 aromatic carbocycles. The van der Waals surface area contributed by atoms with Crippen LogP contribution in [0.5, 0.6) is 0 Å². The molecule has 0 bridgehead atoms. The molecule has 0 aromatic heterocycles. The zero-order valence-electron chi connectivity index (χ0n) is 23.3. The first-order valence-electron chi connectivity index (χ1n) is 13.5. The Kier molecular flexibility index (Phi) is 6.26. The first kappa shape index (κ1) is 26.7. The van der Waals surface area contributed by atoms with E-state index in [1.807, 2.05) is 19.9 Å². The molecule has 8 heteroatoms. The molecule has 2 fully saturated rings. The van der Waals surface area contributed by atoms with Crippen molar-refractivity contribution in [2.75, 3.05) is 14.7 Å². The van der Waals surface area contributed by atoms with E-state index in [1.54, 1.807) is 104 Å². The van der Waals surface area contributed by atoms with Gasteiger partial charge in [-0.15, -0.1) is 0 Å². The third kappa shape index (κ3) is 3.76. The lowest BCUT2D eigenvalue weighted by molar-refractivity contribution is -0.132. The molecule has 0 saturated carbocycles. The summed E-state index contributed by atoms with van der Waals surface area (Å²) in [4.78, 5) is 46.8. The van der Waals surface area contributed by atoms with E-state index in [2.05, 4.69) is 0 Å². The molecule has 0 radical (unpaired) electrons. The highest BCUT2D eigenvalue weighted by Crippen LogP contribution is 2.50. The van der Waals surface area contributed by atoms with E-state index in [1.165, 1.54) is 9.80 Å². The lowest BCUT2D eigenvalue weighted by Crippen LogP contribution is -2.62. The summed E-state index contributed by atoms with van der Waals surface area (Å²) in [5.74, 6) is -3.51. The number of nitrogens with one attached hydrogen (secondary N) is 1. The molecule has 2 heterocycles. The minimum atomic E-state index is -2.24. The maximum atomic E-state index is 15.0. The standard InChI is InChI=1S/C34H28N4O4/c1-21-14-17-26(18-15-21)37-31(41)30(40)28(29(39)27-19-16-22(2)20-23(27)3)34(37)32(42)36(24-10-6-4-7-11-24)33(35)38(34)25-12-8-5-9-13-25/h4-20,35,39H,1-3H3/b29-28-,35-33?. The van der Waals surface area contributed by atoms with Crippen LogP contribution in [-0.4, -0.2) is 34.3 Å². The number of benzene rings is 4. The van der Waals surface area contributed by atoms with E-state index in [-0.39, 0.29) is 11.6 Å². The van der Waals surface area contributed by atoms with Gasteiger partial charge in [0.15, 0.2) is 0 Å². The summed E-state index contributed by atoms with van der Waals surface area (Å²) < 4.78 is 0. The smallest absolute Gasteiger partial charge is 0.301 e. The number of guanidine groups is 1. The first-order chi connectivity index (χ1) is 20.2. The van der Waals surface area contributed by atoms with Crippen molar-refractivity contribution in [3.05, 3.63) is 131 Å². The molecule has 42 heavy (non-hydrogen) atoms. The predicted molar refractivity (Wildman–Crippen MR) is 162 cm³/mol. The van der Waals surface area contributed by atoms with Crippen molar-refractivity contribution in [3.63, 3.8) is 0 Å². The molecule has 4 aromatic rings. The van der Waals surface area contributed by atoms with E-state index in [0.29, 0.717) is 22.5 Å². The van der Waals surface area contributed by atoms with Crippen molar-refractivity contribution in [2.24, 2.45) is 0 Å². The van der Waals surface area contributed by atoms with Gasteiger partial charge in [-0.3, -0.25) is 29.6 Å². The third-order valence-electron chi connectivity index (χ3n) is 7.74. The second-order valence-electron chi connectivity index (χ2n) is 10.5. The molecule has 8 nitrogen and oxygen atoms in total. The van der Waals surface area contributed by atoms with Crippen LogP contribution in [0, 0.1) is 26.2 Å². The van der Waals surface area contributed by atoms with Crippen molar-refractivity contribution >= 4 is 46.4 Å². The number of hydrogen-bond donors (Lipinski definition) is 2. The fourth-order valence-corrected chi connectivity index (χ4v) is 5.83. The quantitative estimate of drug-likeness (QED) is 0.191. The summed E-state index contributed by atoms with van der Waals surface area (Å²) in [6, 6.07) is 29.5. The van der Waals surface area contributed by atoms with Crippen LogP contribution in [0.15, 0.2) is 109 Å². The van der Waals surface area contributed by atoms with Gasteiger partial charge >= 0.3 is 5.91 Å². The summed E-state index contributed by atoms with van der Waals surface area (Å²) in [5, 5.41) is 21.3. The Morgan fingerprint density at radius 1 is 0.690 bits per heavy atom. The Balaban J connectivity index is 1.75. The Labute approximate surface area is 243 Å². The zero-order chi connectivity index (χ0) is 29.8. The second-order valence-corrected chi connectivity index (χ2v) is 10.5. The van der Waals surface area contributed by atoms with Gasteiger partial charge in [0.2, 0.25) is 11.6 Å². The number of para-hydroxylation sites is 2. The summed E-state index contributed by atoms with van der Waals surface area (Å²) in [6.07, 6.45) is 0. The zero-order valence-corrected chi connectivity index (χ0v) is 23.3. The number of hydrogen-bond acceptors (Lipinski definition) is 5.